The van der Waals surface area contributed by atoms with E-state index in [1.165, 1.54) is 0 Å². The highest BCUT2D eigenvalue weighted by Gasteiger charge is 2.32. The van der Waals surface area contributed by atoms with Crippen LogP contribution in [0.5, 0.6) is 0 Å². The van der Waals surface area contributed by atoms with Crippen molar-refractivity contribution in [2.45, 2.75) is 52.8 Å². The molecule has 100 valence electrons. The molecule has 0 fully saturated rings. The minimum Gasteiger partial charge on any atom is -0.444 e. The first-order valence-corrected chi connectivity index (χ1v) is 6.31. The van der Waals surface area contributed by atoms with Gasteiger partial charge in [-0.05, 0) is 34.6 Å². The molecule has 0 radical (unpaired) electrons. The number of aryl methyl sites for hydroxylation is 1. The van der Waals surface area contributed by atoms with Gasteiger partial charge >= 0.3 is 6.09 Å². The molecule has 1 atom stereocenters. The number of amides is 1. The Bertz CT molecular complexity index is 459. The van der Waals surface area contributed by atoms with Gasteiger partial charge in [0.25, 0.3) is 0 Å². The van der Waals surface area contributed by atoms with Crippen LogP contribution in [0.4, 0.5) is 4.79 Å². The molecule has 1 aromatic rings. The zero-order valence-electron chi connectivity index (χ0n) is 11.7. The second kappa shape index (κ2) is 4.30. The van der Waals surface area contributed by atoms with Crippen LogP contribution in [0.25, 0.3) is 0 Å². The van der Waals surface area contributed by atoms with Crippen LogP contribution in [0.2, 0.25) is 0 Å². The lowest BCUT2D eigenvalue weighted by Crippen LogP contribution is -2.43. The molecule has 5 nitrogen and oxygen atoms in total. The van der Waals surface area contributed by atoms with Gasteiger partial charge in [-0.1, -0.05) is 0 Å². The van der Waals surface area contributed by atoms with Crippen molar-refractivity contribution >= 4 is 6.09 Å². The largest absolute Gasteiger partial charge is 0.444 e. The van der Waals surface area contributed by atoms with Gasteiger partial charge in [-0.2, -0.15) is 0 Å². The Hall–Kier alpha value is -1.52. The third-order valence-corrected chi connectivity index (χ3v) is 2.98. The SMILES string of the molecule is Cc1cn2c(n1)[C@H](C)N(C(=O)OC(C)(C)C)CC2. The minimum atomic E-state index is -0.459. The van der Waals surface area contributed by atoms with E-state index in [4.69, 9.17) is 4.74 Å². The zero-order chi connectivity index (χ0) is 13.5. The molecule has 1 amide bonds. The number of carbonyl (C=O) groups excluding carboxylic acids is 1. The number of hydrogen-bond donors (Lipinski definition) is 0. The lowest BCUT2D eigenvalue weighted by Gasteiger charge is -2.35. The van der Waals surface area contributed by atoms with E-state index in [0.717, 1.165) is 18.1 Å². The monoisotopic (exact) mass is 251 g/mol. The summed E-state index contributed by atoms with van der Waals surface area (Å²) in [6.07, 6.45) is 1.76. The van der Waals surface area contributed by atoms with Crippen LogP contribution in [0.1, 0.15) is 45.3 Å². The molecule has 0 spiro atoms. The number of ether oxygens (including phenoxy) is 1. The van der Waals surface area contributed by atoms with E-state index in [-0.39, 0.29) is 12.1 Å². The third-order valence-electron chi connectivity index (χ3n) is 2.98. The number of hydrogen-bond acceptors (Lipinski definition) is 3. The fourth-order valence-corrected chi connectivity index (χ4v) is 2.20. The van der Waals surface area contributed by atoms with E-state index in [0.29, 0.717) is 6.54 Å². The van der Waals surface area contributed by atoms with Crippen molar-refractivity contribution in [3.05, 3.63) is 17.7 Å². The van der Waals surface area contributed by atoms with Crippen LogP contribution in [0.3, 0.4) is 0 Å². The van der Waals surface area contributed by atoms with Crippen molar-refractivity contribution in [1.82, 2.24) is 14.5 Å². The maximum Gasteiger partial charge on any atom is 0.410 e. The zero-order valence-corrected chi connectivity index (χ0v) is 11.7. The second-order valence-corrected chi connectivity index (χ2v) is 5.78. The van der Waals surface area contributed by atoms with Crippen LogP contribution < -0.4 is 0 Å². The van der Waals surface area contributed by atoms with Crippen molar-refractivity contribution in [1.29, 1.82) is 0 Å². The first-order chi connectivity index (χ1) is 8.28. The van der Waals surface area contributed by atoms with E-state index in [9.17, 15) is 4.79 Å². The van der Waals surface area contributed by atoms with Gasteiger partial charge in [0.05, 0.1) is 11.7 Å². The molecule has 0 aliphatic carbocycles. The summed E-state index contributed by atoms with van der Waals surface area (Å²) in [6, 6.07) is -0.0395. The molecule has 1 aliphatic heterocycles. The van der Waals surface area contributed by atoms with E-state index in [1.807, 2.05) is 40.8 Å². The summed E-state index contributed by atoms with van der Waals surface area (Å²) in [5.74, 6) is 0.935. The molecule has 0 bridgehead atoms. The highest BCUT2D eigenvalue weighted by atomic mass is 16.6. The first-order valence-electron chi connectivity index (χ1n) is 6.31. The number of fused-ring (bicyclic) bond motifs is 1. The third kappa shape index (κ3) is 2.49. The number of rotatable bonds is 0. The summed E-state index contributed by atoms with van der Waals surface area (Å²) >= 11 is 0. The fourth-order valence-electron chi connectivity index (χ4n) is 2.20. The van der Waals surface area contributed by atoms with Gasteiger partial charge in [0.2, 0.25) is 0 Å². The molecule has 0 saturated carbocycles. The standard InChI is InChI=1S/C13H21N3O2/c1-9-8-15-6-7-16(10(2)11(15)14-9)12(17)18-13(3,4)5/h8,10H,6-7H2,1-5H3/t10-/m0/s1. The van der Waals surface area contributed by atoms with Gasteiger partial charge in [0, 0.05) is 19.3 Å². The molecular formula is C13H21N3O2. The molecule has 0 unspecified atom stereocenters. The smallest absolute Gasteiger partial charge is 0.410 e. The predicted octanol–water partition coefficient (Wildman–Crippen LogP) is 2.50. The van der Waals surface area contributed by atoms with Gasteiger partial charge < -0.3 is 9.30 Å². The Morgan fingerprint density at radius 3 is 2.72 bits per heavy atom. The molecule has 1 aliphatic rings. The summed E-state index contributed by atoms with van der Waals surface area (Å²) in [7, 11) is 0. The van der Waals surface area contributed by atoms with Gasteiger partial charge in [-0.25, -0.2) is 9.78 Å². The maximum absolute atomic E-state index is 12.1. The highest BCUT2D eigenvalue weighted by Crippen LogP contribution is 2.26. The molecule has 1 aromatic heterocycles. The van der Waals surface area contributed by atoms with Crippen molar-refractivity contribution in [3.8, 4) is 0 Å². The lowest BCUT2D eigenvalue weighted by atomic mass is 10.2. The van der Waals surface area contributed by atoms with Crippen molar-refractivity contribution in [2.24, 2.45) is 0 Å². The molecule has 0 saturated heterocycles. The average molecular weight is 251 g/mol. The number of aromatic nitrogens is 2. The highest BCUT2D eigenvalue weighted by molar-refractivity contribution is 5.68. The molecule has 2 rings (SSSR count). The van der Waals surface area contributed by atoms with Gasteiger partial charge in [-0.3, -0.25) is 4.90 Å². The summed E-state index contributed by atoms with van der Waals surface area (Å²) < 4.78 is 7.53. The van der Waals surface area contributed by atoms with Crippen molar-refractivity contribution in [2.75, 3.05) is 6.54 Å². The summed E-state index contributed by atoms with van der Waals surface area (Å²) in [4.78, 5) is 18.3. The molecule has 0 N–H and O–H groups in total. The first kappa shape index (κ1) is 12.9. The van der Waals surface area contributed by atoms with Crippen LogP contribution >= 0.6 is 0 Å². The van der Waals surface area contributed by atoms with Crippen LogP contribution in [-0.2, 0) is 11.3 Å². The number of imidazole rings is 1. The Labute approximate surface area is 108 Å². The Morgan fingerprint density at radius 2 is 2.11 bits per heavy atom. The Balaban J connectivity index is 2.16. The van der Waals surface area contributed by atoms with E-state index >= 15 is 0 Å². The van der Waals surface area contributed by atoms with E-state index in [1.54, 1.807) is 4.90 Å². The maximum atomic E-state index is 12.1. The minimum absolute atomic E-state index is 0.0395. The fraction of sp³-hybridized carbons (Fsp3) is 0.692. The van der Waals surface area contributed by atoms with E-state index in [2.05, 4.69) is 9.55 Å². The molecule has 2 heterocycles. The van der Waals surface area contributed by atoms with Gasteiger partial charge in [0.15, 0.2) is 0 Å². The van der Waals surface area contributed by atoms with Crippen molar-refractivity contribution in [3.63, 3.8) is 0 Å². The van der Waals surface area contributed by atoms with Gasteiger partial charge in [-0.15, -0.1) is 0 Å². The van der Waals surface area contributed by atoms with Crippen LogP contribution in [0.15, 0.2) is 6.20 Å². The lowest BCUT2D eigenvalue weighted by molar-refractivity contribution is 0.0121. The number of nitrogens with zero attached hydrogens (tertiary/aromatic N) is 3. The van der Waals surface area contributed by atoms with Crippen molar-refractivity contribution < 1.29 is 9.53 Å². The van der Waals surface area contributed by atoms with Gasteiger partial charge in [0.1, 0.15) is 11.4 Å². The summed E-state index contributed by atoms with van der Waals surface area (Å²) in [5.41, 5.74) is 0.530. The average Bonchev–Trinajstić information content (AvgIpc) is 2.57. The van der Waals surface area contributed by atoms with Crippen LogP contribution in [0, 0.1) is 6.92 Å². The quantitative estimate of drug-likeness (QED) is 0.711. The topological polar surface area (TPSA) is 47.4 Å². The molecule has 0 aromatic carbocycles. The normalized spacial score (nSPS) is 19.6. The molecular weight excluding hydrogens is 230 g/mol. The Kier molecular flexibility index (Phi) is 3.09. The molecule has 18 heavy (non-hydrogen) atoms. The van der Waals surface area contributed by atoms with E-state index < -0.39 is 5.60 Å². The summed E-state index contributed by atoms with van der Waals surface area (Å²) in [6.45, 7) is 11.0. The molecule has 5 heteroatoms. The summed E-state index contributed by atoms with van der Waals surface area (Å²) in [5, 5.41) is 0. The number of carbonyl (C=O) groups is 1. The Morgan fingerprint density at radius 1 is 1.44 bits per heavy atom. The predicted molar refractivity (Wildman–Crippen MR) is 68.3 cm³/mol. The second-order valence-electron chi connectivity index (χ2n) is 5.78. The van der Waals surface area contributed by atoms with Crippen LogP contribution in [-0.4, -0.2) is 32.7 Å².